The number of anilines is 1. The van der Waals surface area contributed by atoms with Crippen molar-refractivity contribution >= 4 is 27.6 Å². The van der Waals surface area contributed by atoms with Gasteiger partial charge in [-0.2, -0.15) is 0 Å². The standard InChI is InChI=1S/C16H17BrN2O3/c1-21-15-4-2-3-13(11-15)19-16(20)18-9-10-22-14-7-5-12(17)6-8-14/h2-8,11H,9-10H2,1H3,(H2,18,19,20). The van der Waals surface area contributed by atoms with Gasteiger partial charge in [-0.3, -0.25) is 0 Å². The Morgan fingerprint density at radius 1 is 1.14 bits per heavy atom. The van der Waals surface area contributed by atoms with Crippen molar-refractivity contribution in [2.24, 2.45) is 0 Å². The molecular formula is C16H17BrN2O3. The number of methoxy groups -OCH3 is 1. The van der Waals surface area contributed by atoms with E-state index in [0.717, 1.165) is 10.2 Å². The van der Waals surface area contributed by atoms with Crippen LogP contribution in [0.4, 0.5) is 10.5 Å². The topological polar surface area (TPSA) is 59.6 Å². The Balaban J connectivity index is 1.70. The van der Waals surface area contributed by atoms with E-state index in [2.05, 4.69) is 26.6 Å². The van der Waals surface area contributed by atoms with Gasteiger partial charge in [-0.05, 0) is 36.4 Å². The van der Waals surface area contributed by atoms with Crippen LogP contribution in [0.2, 0.25) is 0 Å². The molecule has 0 radical (unpaired) electrons. The summed E-state index contributed by atoms with van der Waals surface area (Å²) in [7, 11) is 1.58. The van der Waals surface area contributed by atoms with Crippen LogP contribution in [0.1, 0.15) is 0 Å². The van der Waals surface area contributed by atoms with Gasteiger partial charge in [0.15, 0.2) is 0 Å². The van der Waals surface area contributed by atoms with Crippen LogP contribution in [-0.4, -0.2) is 26.3 Å². The van der Waals surface area contributed by atoms with Crippen molar-refractivity contribution in [2.75, 3.05) is 25.6 Å². The molecule has 116 valence electrons. The lowest BCUT2D eigenvalue weighted by atomic mass is 10.3. The van der Waals surface area contributed by atoms with Gasteiger partial charge in [0.2, 0.25) is 0 Å². The van der Waals surface area contributed by atoms with E-state index in [1.807, 2.05) is 36.4 Å². The van der Waals surface area contributed by atoms with Crippen LogP contribution >= 0.6 is 15.9 Å². The molecule has 0 saturated heterocycles. The summed E-state index contributed by atoms with van der Waals surface area (Å²) >= 11 is 3.36. The van der Waals surface area contributed by atoms with Crippen molar-refractivity contribution in [2.45, 2.75) is 0 Å². The number of carbonyl (C=O) groups is 1. The quantitative estimate of drug-likeness (QED) is 0.769. The van der Waals surface area contributed by atoms with E-state index in [4.69, 9.17) is 9.47 Å². The van der Waals surface area contributed by atoms with Crippen LogP contribution < -0.4 is 20.1 Å². The fourth-order valence-corrected chi connectivity index (χ4v) is 2.00. The van der Waals surface area contributed by atoms with Crippen molar-refractivity contribution < 1.29 is 14.3 Å². The van der Waals surface area contributed by atoms with E-state index in [9.17, 15) is 4.79 Å². The van der Waals surface area contributed by atoms with Crippen LogP contribution in [-0.2, 0) is 0 Å². The first-order valence-corrected chi connectivity index (χ1v) is 7.54. The van der Waals surface area contributed by atoms with Crippen LogP contribution in [0.15, 0.2) is 53.0 Å². The molecule has 0 aromatic heterocycles. The average Bonchev–Trinajstić information content (AvgIpc) is 2.53. The highest BCUT2D eigenvalue weighted by Gasteiger charge is 2.02. The minimum absolute atomic E-state index is 0.285. The lowest BCUT2D eigenvalue weighted by molar-refractivity contribution is 0.247. The lowest BCUT2D eigenvalue weighted by Gasteiger charge is -2.10. The Labute approximate surface area is 137 Å². The lowest BCUT2D eigenvalue weighted by Crippen LogP contribution is -2.32. The molecule has 2 N–H and O–H groups in total. The number of carbonyl (C=O) groups excluding carboxylic acids is 1. The van der Waals surface area contributed by atoms with Crippen LogP contribution in [0.5, 0.6) is 11.5 Å². The van der Waals surface area contributed by atoms with Crippen LogP contribution in [0.25, 0.3) is 0 Å². The number of halogens is 1. The number of hydrogen-bond acceptors (Lipinski definition) is 3. The van der Waals surface area contributed by atoms with Gasteiger partial charge in [0.25, 0.3) is 0 Å². The normalized spacial score (nSPS) is 9.91. The van der Waals surface area contributed by atoms with Gasteiger partial charge in [0.05, 0.1) is 13.7 Å². The molecule has 0 aliphatic rings. The van der Waals surface area contributed by atoms with Crippen molar-refractivity contribution in [3.63, 3.8) is 0 Å². The molecular weight excluding hydrogens is 348 g/mol. The minimum Gasteiger partial charge on any atom is -0.497 e. The van der Waals surface area contributed by atoms with Gasteiger partial charge in [-0.15, -0.1) is 0 Å². The predicted octanol–water partition coefficient (Wildman–Crippen LogP) is 3.66. The molecule has 0 saturated carbocycles. The number of rotatable bonds is 6. The highest BCUT2D eigenvalue weighted by Crippen LogP contribution is 2.17. The summed E-state index contributed by atoms with van der Waals surface area (Å²) in [6.07, 6.45) is 0. The van der Waals surface area contributed by atoms with Gasteiger partial charge >= 0.3 is 6.03 Å². The summed E-state index contributed by atoms with van der Waals surface area (Å²) in [6, 6.07) is 14.4. The molecule has 0 aliphatic carbocycles. The maximum absolute atomic E-state index is 11.7. The first-order valence-electron chi connectivity index (χ1n) is 6.74. The average molecular weight is 365 g/mol. The molecule has 2 aromatic carbocycles. The summed E-state index contributed by atoms with van der Waals surface area (Å²) in [5.74, 6) is 1.45. The number of hydrogen-bond donors (Lipinski definition) is 2. The molecule has 2 aromatic rings. The van der Waals surface area contributed by atoms with Crippen molar-refractivity contribution in [3.05, 3.63) is 53.0 Å². The molecule has 2 amide bonds. The third-order valence-electron chi connectivity index (χ3n) is 2.80. The first-order chi connectivity index (χ1) is 10.7. The van der Waals surface area contributed by atoms with E-state index < -0.39 is 0 Å². The van der Waals surface area contributed by atoms with Crippen LogP contribution in [0, 0.1) is 0 Å². The highest BCUT2D eigenvalue weighted by atomic mass is 79.9. The van der Waals surface area contributed by atoms with Crippen LogP contribution in [0.3, 0.4) is 0 Å². The summed E-state index contributed by atoms with van der Waals surface area (Å²) in [5, 5.41) is 5.46. The molecule has 0 atom stereocenters. The molecule has 0 unspecified atom stereocenters. The van der Waals surface area contributed by atoms with Gasteiger partial charge in [0, 0.05) is 16.2 Å². The number of nitrogens with one attached hydrogen (secondary N) is 2. The predicted molar refractivity (Wildman–Crippen MR) is 89.7 cm³/mol. The summed E-state index contributed by atoms with van der Waals surface area (Å²) in [5.41, 5.74) is 0.672. The summed E-state index contributed by atoms with van der Waals surface area (Å²) in [6.45, 7) is 0.805. The van der Waals surface area contributed by atoms with Gasteiger partial charge in [-0.25, -0.2) is 4.79 Å². The zero-order valence-corrected chi connectivity index (χ0v) is 13.7. The van der Waals surface area contributed by atoms with E-state index >= 15 is 0 Å². The van der Waals surface area contributed by atoms with Crippen molar-refractivity contribution in [3.8, 4) is 11.5 Å². The Kier molecular flexibility index (Phi) is 6.09. The molecule has 0 heterocycles. The molecule has 0 fully saturated rings. The second-order valence-electron chi connectivity index (χ2n) is 4.42. The fourth-order valence-electron chi connectivity index (χ4n) is 1.74. The van der Waals surface area contributed by atoms with Gasteiger partial charge in [-0.1, -0.05) is 22.0 Å². The number of amides is 2. The van der Waals surface area contributed by atoms with Gasteiger partial charge < -0.3 is 20.1 Å². The van der Waals surface area contributed by atoms with E-state index in [1.54, 1.807) is 19.2 Å². The van der Waals surface area contributed by atoms with Gasteiger partial charge in [0.1, 0.15) is 18.1 Å². The maximum atomic E-state index is 11.7. The number of ether oxygens (including phenoxy) is 2. The molecule has 2 rings (SSSR count). The monoisotopic (exact) mass is 364 g/mol. The fraction of sp³-hybridized carbons (Fsp3) is 0.188. The molecule has 5 nitrogen and oxygen atoms in total. The Morgan fingerprint density at radius 2 is 1.91 bits per heavy atom. The number of urea groups is 1. The van der Waals surface area contributed by atoms with E-state index in [0.29, 0.717) is 24.6 Å². The zero-order valence-electron chi connectivity index (χ0n) is 12.1. The second-order valence-corrected chi connectivity index (χ2v) is 5.33. The minimum atomic E-state index is -0.285. The Bertz CT molecular complexity index is 617. The third-order valence-corrected chi connectivity index (χ3v) is 3.33. The Hall–Kier alpha value is -2.21. The van der Waals surface area contributed by atoms with Crippen molar-refractivity contribution in [1.29, 1.82) is 0 Å². The smallest absolute Gasteiger partial charge is 0.319 e. The maximum Gasteiger partial charge on any atom is 0.319 e. The van der Waals surface area contributed by atoms with Crippen molar-refractivity contribution in [1.82, 2.24) is 5.32 Å². The highest BCUT2D eigenvalue weighted by molar-refractivity contribution is 9.10. The SMILES string of the molecule is COc1cccc(NC(=O)NCCOc2ccc(Br)cc2)c1. The third kappa shape index (κ3) is 5.29. The Morgan fingerprint density at radius 3 is 2.64 bits per heavy atom. The second kappa shape index (κ2) is 8.29. The molecule has 0 bridgehead atoms. The van der Waals surface area contributed by atoms with E-state index in [1.165, 1.54) is 0 Å². The largest absolute Gasteiger partial charge is 0.497 e. The first kappa shape index (κ1) is 16.2. The molecule has 6 heteroatoms. The van der Waals surface area contributed by atoms with E-state index in [-0.39, 0.29) is 6.03 Å². The summed E-state index contributed by atoms with van der Waals surface area (Å²) < 4.78 is 11.6. The molecule has 0 aliphatic heterocycles. The summed E-state index contributed by atoms with van der Waals surface area (Å²) in [4.78, 5) is 11.7. The number of benzene rings is 2. The zero-order chi connectivity index (χ0) is 15.8. The molecule has 22 heavy (non-hydrogen) atoms. The molecule has 0 spiro atoms.